The smallest absolute Gasteiger partial charge is 0.410 e. The van der Waals surface area contributed by atoms with Gasteiger partial charge in [-0.15, -0.1) is 0 Å². The Morgan fingerprint density at radius 1 is 0.893 bits per heavy atom. The van der Waals surface area contributed by atoms with Crippen LogP contribution in [-0.2, 0) is 12.4 Å². The molecular weight excluding hydrogens is 388 g/mol. The summed E-state index contributed by atoms with van der Waals surface area (Å²) >= 11 is 0. The van der Waals surface area contributed by atoms with E-state index >= 15 is 0 Å². The van der Waals surface area contributed by atoms with Gasteiger partial charge in [-0.1, -0.05) is 20.8 Å². The van der Waals surface area contributed by atoms with Gasteiger partial charge in [-0.25, -0.2) is 4.79 Å². The minimum atomic E-state index is -5.00. The summed E-state index contributed by atoms with van der Waals surface area (Å²) in [6, 6.07) is 0.522. The number of benzene rings is 1. The van der Waals surface area contributed by atoms with E-state index in [1.54, 1.807) is 0 Å². The highest BCUT2D eigenvalue weighted by Gasteiger charge is 2.37. The minimum absolute atomic E-state index is 0.0153. The summed E-state index contributed by atoms with van der Waals surface area (Å²) in [5.41, 5.74) is -2.93. The molecule has 0 heterocycles. The fourth-order valence-corrected chi connectivity index (χ4v) is 3.39. The Morgan fingerprint density at radius 3 is 1.75 bits per heavy atom. The maximum atomic E-state index is 12.9. The van der Waals surface area contributed by atoms with Crippen LogP contribution in [0.15, 0.2) is 18.2 Å². The van der Waals surface area contributed by atoms with E-state index in [1.165, 1.54) is 0 Å². The molecule has 1 aromatic carbocycles. The Hall–Kier alpha value is -1.93. The van der Waals surface area contributed by atoms with E-state index < -0.39 is 35.3 Å². The van der Waals surface area contributed by atoms with Crippen molar-refractivity contribution in [3.63, 3.8) is 0 Å². The first kappa shape index (κ1) is 22.4. The van der Waals surface area contributed by atoms with Gasteiger partial charge in [0.05, 0.1) is 11.1 Å². The lowest BCUT2D eigenvalue weighted by atomic mass is 9.71. The van der Waals surface area contributed by atoms with E-state index in [1.807, 2.05) is 0 Å². The molecular formula is C19H23F6NO2. The average molecular weight is 411 g/mol. The predicted molar refractivity (Wildman–Crippen MR) is 90.8 cm³/mol. The van der Waals surface area contributed by atoms with E-state index in [4.69, 9.17) is 4.74 Å². The predicted octanol–water partition coefficient (Wildman–Crippen LogP) is 6.42. The molecule has 28 heavy (non-hydrogen) atoms. The van der Waals surface area contributed by atoms with Crippen LogP contribution in [0, 0.1) is 11.3 Å². The normalized spacial score (nSPS) is 21.3. The lowest BCUT2D eigenvalue weighted by molar-refractivity contribution is -0.143. The first-order chi connectivity index (χ1) is 12.7. The maximum absolute atomic E-state index is 12.9. The molecule has 2 rings (SSSR count). The second-order valence-corrected chi connectivity index (χ2v) is 8.19. The molecule has 0 radical (unpaired) electrons. The molecule has 1 amide bonds. The molecule has 158 valence electrons. The van der Waals surface area contributed by atoms with Crippen LogP contribution >= 0.6 is 0 Å². The Bertz CT molecular complexity index is 666. The molecule has 9 heteroatoms. The lowest BCUT2D eigenvalue weighted by Crippen LogP contribution is -2.40. The average Bonchev–Trinajstić information content (AvgIpc) is 2.52. The summed E-state index contributed by atoms with van der Waals surface area (Å²) < 4.78 is 81.9. The molecule has 0 aliphatic heterocycles. The van der Waals surface area contributed by atoms with Gasteiger partial charge >= 0.3 is 18.4 Å². The van der Waals surface area contributed by atoms with Crippen molar-refractivity contribution in [2.45, 2.75) is 64.8 Å². The monoisotopic (exact) mass is 411 g/mol. The highest BCUT2D eigenvalue weighted by atomic mass is 19.4. The van der Waals surface area contributed by atoms with Crippen molar-refractivity contribution in [1.82, 2.24) is 5.32 Å². The molecule has 0 aromatic heterocycles. The Kier molecular flexibility index (Phi) is 6.25. The second-order valence-electron chi connectivity index (χ2n) is 8.19. The van der Waals surface area contributed by atoms with Crippen LogP contribution in [0.5, 0.6) is 5.75 Å². The summed E-state index contributed by atoms with van der Waals surface area (Å²) in [6.07, 6.45) is -7.97. The third-order valence-corrected chi connectivity index (χ3v) is 5.05. The van der Waals surface area contributed by atoms with Gasteiger partial charge in [-0.2, -0.15) is 26.3 Å². The number of amides is 1. The van der Waals surface area contributed by atoms with E-state index in [9.17, 15) is 31.1 Å². The molecule has 0 atom stereocenters. The Balaban J connectivity index is 2.06. The summed E-state index contributed by atoms with van der Waals surface area (Å²) in [4.78, 5) is 12.0. The van der Waals surface area contributed by atoms with Crippen LogP contribution in [0.1, 0.15) is 57.6 Å². The van der Waals surface area contributed by atoms with Crippen LogP contribution in [0.3, 0.4) is 0 Å². The van der Waals surface area contributed by atoms with Crippen LogP contribution in [0.25, 0.3) is 0 Å². The topological polar surface area (TPSA) is 38.3 Å². The number of ether oxygens (including phenoxy) is 1. The third-order valence-electron chi connectivity index (χ3n) is 5.05. The van der Waals surface area contributed by atoms with Crippen molar-refractivity contribution in [2.24, 2.45) is 11.3 Å². The van der Waals surface area contributed by atoms with Gasteiger partial charge in [0.15, 0.2) is 0 Å². The second kappa shape index (κ2) is 7.83. The zero-order valence-electron chi connectivity index (χ0n) is 15.8. The fourth-order valence-electron chi connectivity index (χ4n) is 3.39. The van der Waals surface area contributed by atoms with E-state index in [-0.39, 0.29) is 17.5 Å². The summed E-state index contributed by atoms with van der Waals surface area (Å²) in [7, 11) is 0. The van der Waals surface area contributed by atoms with Crippen molar-refractivity contribution in [3.05, 3.63) is 29.3 Å². The molecule has 1 saturated carbocycles. The molecule has 0 saturated heterocycles. The maximum Gasteiger partial charge on any atom is 0.416 e. The van der Waals surface area contributed by atoms with Crippen molar-refractivity contribution >= 4 is 6.09 Å². The van der Waals surface area contributed by atoms with Crippen molar-refractivity contribution in [3.8, 4) is 5.75 Å². The van der Waals surface area contributed by atoms with E-state index in [2.05, 4.69) is 26.1 Å². The number of hydrogen-bond acceptors (Lipinski definition) is 2. The summed E-state index contributed by atoms with van der Waals surface area (Å²) in [5, 5.41) is 2.53. The zero-order valence-corrected chi connectivity index (χ0v) is 15.8. The highest BCUT2D eigenvalue weighted by Crippen LogP contribution is 2.39. The zero-order chi connectivity index (χ0) is 21.3. The van der Waals surface area contributed by atoms with Crippen molar-refractivity contribution in [1.29, 1.82) is 0 Å². The van der Waals surface area contributed by atoms with Crippen LogP contribution in [0.4, 0.5) is 31.1 Å². The van der Waals surface area contributed by atoms with Gasteiger partial charge in [-0.3, -0.25) is 0 Å². The number of rotatable bonds is 2. The molecule has 0 bridgehead atoms. The lowest BCUT2D eigenvalue weighted by Gasteiger charge is -2.37. The summed E-state index contributed by atoms with van der Waals surface area (Å²) in [5.74, 6) is -0.317. The van der Waals surface area contributed by atoms with Crippen LogP contribution < -0.4 is 10.1 Å². The number of alkyl halides is 6. The van der Waals surface area contributed by atoms with Gasteiger partial charge in [0, 0.05) is 6.04 Å². The molecule has 1 aromatic rings. The van der Waals surface area contributed by atoms with Gasteiger partial charge in [0.25, 0.3) is 0 Å². The van der Waals surface area contributed by atoms with E-state index in [0.717, 1.165) is 12.8 Å². The van der Waals surface area contributed by atoms with Gasteiger partial charge in [0.1, 0.15) is 5.75 Å². The Morgan fingerprint density at radius 2 is 1.36 bits per heavy atom. The van der Waals surface area contributed by atoms with Gasteiger partial charge < -0.3 is 10.1 Å². The van der Waals surface area contributed by atoms with Gasteiger partial charge in [0.2, 0.25) is 0 Å². The molecule has 0 spiro atoms. The molecule has 1 N–H and O–H groups in total. The first-order valence-corrected chi connectivity index (χ1v) is 8.94. The molecule has 1 aliphatic carbocycles. The standard InChI is InChI=1S/C19H23F6NO2/c1-17(2,3)11-4-6-14(7-5-11)26-16(27)28-15-9-12(18(20,21)22)8-13(10-15)19(23,24)25/h8-11,14H,4-7H2,1-3H3,(H,26,27). The number of nitrogens with one attached hydrogen (secondary N) is 1. The highest BCUT2D eigenvalue weighted by molar-refractivity contribution is 5.71. The summed E-state index contributed by atoms with van der Waals surface area (Å²) in [6.45, 7) is 6.39. The minimum Gasteiger partial charge on any atom is -0.410 e. The number of carbonyl (C=O) groups excluding carboxylic acids is 1. The van der Waals surface area contributed by atoms with Crippen molar-refractivity contribution in [2.75, 3.05) is 0 Å². The quantitative estimate of drug-likeness (QED) is 0.571. The SMILES string of the molecule is CC(C)(C)C1CCC(NC(=O)Oc2cc(C(F)(F)F)cc(C(F)(F)F)c2)CC1. The molecule has 3 nitrogen and oxygen atoms in total. The Labute approximate surface area is 159 Å². The van der Waals surface area contributed by atoms with Gasteiger partial charge in [-0.05, 0) is 55.2 Å². The number of carbonyl (C=O) groups is 1. The van der Waals surface area contributed by atoms with Crippen LogP contribution in [-0.4, -0.2) is 12.1 Å². The fraction of sp³-hybridized carbons (Fsp3) is 0.632. The number of hydrogen-bond donors (Lipinski definition) is 1. The van der Waals surface area contributed by atoms with Crippen LogP contribution in [0.2, 0.25) is 0 Å². The largest absolute Gasteiger partial charge is 0.416 e. The van der Waals surface area contributed by atoms with E-state index in [0.29, 0.717) is 30.9 Å². The molecule has 0 unspecified atom stereocenters. The third kappa shape index (κ3) is 6.04. The number of halogens is 6. The molecule has 1 fully saturated rings. The van der Waals surface area contributed by atoms with Crippen molar-refractivity contribution < 1.29 is 35.9 Å². The molecule has 1 aliphatic rings. The first-order valence-electron chi connectivity index (χ1n) is 8.94.